The standard InChI is InChI=1S/C11H13N3O2/c1-11(2,3)16-10(15)7-4-5-8-9(6-7)13-14-12-8/h4-6H,1-3H3,(H,12,13,14). The first kappa shape index (κ1) is 10.6. The predicted molar refractivity (Wildman–Crippen MR) is 59.1 cm³/mol. The monoisotopic (exact) mass is 219 g/mol. The molecule has 0 fully saturated rings. The van der Waals surface area contributed by atoms with Gasteiger partial charge in [0.2, 0.25) is 0 Å². The summed E-state index contributed by atoms with van der Waals surface area (Å²) in [4.78, 5) is 11.7. The van der Waals surface area contributed by atoms with Gasteiger partial charge in [-0.3, -0.25) is 0 Å². The van der Waals surface area contributed by atoms with Crippen LogP contribution >= 0.6 is 0 Å². The Hall–Kier alpha value is -1.91. The summed E-state index contributed by atoms with van der Waals surface area (Å²) in [6, 6.07) is 5.07. The summed E-state index contributed by atoms with van der Waals surface area (Å²) in [5.74, 6) is -0.350. The molecule has 0 unspecified atom stereocenters. The van der Waals surface area contributed by atoms with E-state index >= 15 is 0 Å². The minimum atomic E-state index is -0.490. The fraction of sp³-hybridized carbons (Fsp3) is 0.364. The van der Waals surface area contributed by atoms with E-state index in [4.69, 9.17) is 4.74 Å². The fourth-order valence-corrected chi connectivity index (χ4v) is 1.30. The molecule has 0 amide bonds. The first-order chi connectivity index (χ1) is 7.46. The Morgan fingerprint density at radius 3 is 2.62 bits per heavy atom. The van der Waals surface area contributed by atoms with Crippen LogP contribution in [-0.4, -0.2) is 27.0 Å². The summed E-state index contributed by atoms with van der Waals surface area (Å²) in [6.45, 7) is 5.50. The minimum Gasteiger partial charge on any atom is -0.456 e. The Bertz CT molecular complexity index is 525. The lowest BCUT2D eigenvalue weighted by Crippen LogP contribution is -2.23. The lowest BCUT2D eigenvalue weighted by atomic mass is 10.1. The maximum Gasteiger partial charge on any atom is 0.338 e. The smallest absolute Gasteiger partial charge is 0.338 e. The van der Waals surface area contributed by atoms with Crippen molar-refractivity contribution < 1.29 is 9.53 Å². The highest BCUT2D eigenvalue weighted by Gasteiger charge is 2.18. The van der Waals surface area contributed by atoms with Gasteiger partial charge in [-0.25, -0.2) is 4.79 Å². The Labute approximate surface area is 92.8 Å². The number of fused-ring (bicyclic) bond motifs is 1. The van der Waals surface area contributed by atoms with Gasteiger partial charge in [0, 0.05) is 0 Å². The number of aromatic amines is 1. The zero-order valence-electron chi connectivity index (χ0n) is 9.44. The number of aromatic nitrogens is 3. The molecule has 2 aromatic rings. The van der Waals surface area contributed by atoms with E-state index < -0.39 is 5.60 Å². The molecule has 5 heteroatoms. The zero-order valence-corrected chi connectivity index (χ0v) is 9.44. The lowest BCUT2D eigenvalue weighted by molar-refractivity contribution is 0.00697. The molecule has 0 radical (unpaired) electrons. The number of carbonyl (C=O) groups excluding carboxylic acids is 1. The summed E-state index contributed by atoms with van der Waals surface area (Å²) >= 11 is 0. The van der Waals surface area contributed by atoms with Crippen LogP contribution in [0.4, 0.5) is 0 Å². The molecule has 84 valence electrons. The van der Waals surface area contributed by atoms with Crippen molar-refractivity contribution >= 4 is 17.0 Å². The van der Waals surface area contributed by atoms with Gasteiger partial charge in [-0.05, 0) is 39.0 Å². The summed E-state index contributed by atoms with van der Waals surface area (Å²) in [5.41, 5.74) is 1.38. The van der Waals surface area contributed by atoms with Crippen molar-refractivity contribution in [2.75, 3.05) is 0 Å². The van der Waals surface area contributed by atoms with E-state index in [2.05, 4.69) is 15.4 Å². The number of benzene rings is 1. The Kier molecular flexibility index (Phi) is 2.38. The third-order valence-electron chi connectivity index (χ3n) is 1.95. The quantitative estimate of drug-likeness (QED) is 0.744. The number of hydrogen-bond acceptors (Lipinski definition) is 4. The highest BCUT2D eigenvalue weighted by molar-refractivity contribution is 5.93. The summed E-state index contributed by atoms with van der Waals surface area (Å²) < 4.78 is 5.25. The molecule has 2 rings (SSSR count). The van der Waals surface area contributed by atoms with Crippen LogP contribution in [0.3, 0.4) is 0 Å². The topological polar surface area (TPSA) is 67.9 Å². The van der Waals surface area contributed by atoms with Gasteiger partial charge < -0.3 is 4.74 Å². The molecule has 0 aliphatic carbocycles. The normalized spacial score (nSPS) is 11.7. The van der Waals surface area contributed by atoms with Crippen LogP contribution in [0.1, 0.15) is 31.1 Å². The molecule has 0 aliphatic heterocycles. The van der Waals surface area contributed by atoms with Gasteiger partial charge >= 0.3 is 5.97 Å². The molecule has 1 N–H and O–H groups in total. The average Bonchev–Trinajstić information content (AvgIpc) is 2.61. The van der Waals surface area contributed by atoms with Crippen LogP contribution in [0.25, 0.3) is 11.0 Å². The number of carbonyl (C=O) groups is 1. The number of ether oxygens (including phenoxy) is 1. The number of nitrogens with zero attached hydrogens (tertiary/aromatic N) is 2. The molecular weight excluding hydrogens is 206 g/mol. The maximum atomic E-state index is 11.7. The van der Waals surface area contributed by atoms with Crippen LogP contribution < -0.4 is 0 Å². The number of H-pyrrole nitrogens is 1. The number of esters is 1. The number of nitrogens with one attached hydrogen (secondary N) is 1. The molecule has 5 nitrogen and oxygen atoms in total. The summed E-state index contributed by atoms with van der Waals surface area (Å²) in [7, 11) is 0. The molecule has 1 aromatic heterocycles. The highest BCUT2D eigenvalue weighted by atomic mass is 16.6. The molecule has 0 bridgehead atoms. The van der Waals surface area contributed by atoms with Crippen molar-refractivity contribution in [3.8, 4) is 0 Å². The van der Waals surface area contributed by atoms with Crippen molar-refractivity contribution in [3.05, 3.63) is 23.8 Å². The van der Waals surface area contributed by atoms with Gasteiger partial charge in [0.1, 0.15) is 16.6 Å². The molecule has 0 aliphatic rings. The van der Waals surface area contributed by atoms with Crippen LogP contribution in [0.5, 0.6) is 0 Å². The van der Waals surface area contributed by atoms with E-state index in [-0.39, 0.29) is 5.97 Å². The maximum absolute atomic E-state index is 11.7. The first-order valence-electron chi connectivity index (χ1n) is 4.99. The van der Waals surface area contributed by atoms with E-state index in [1.807, 2.05) is 20.8 Å². The molecule has 1 heterocycles. The summed E-state index contributed by atoms with van der Waals surface area (Å²) in [5, 5.41) is 10.3. The average molecular weight is 219 g/mol. The van der Waals surface area contributed by atoms with Crippen LogP contribution in [0.2, 0.25) is 0 Å². The van der Waals surface area contributed by atoms with Gasteiger partial charge in [0.25, 0.3) is 0 Å². The van der Waals surface area contributed by atoms with Gasteiger partial charge in [-0.15, -0.1) is 0 Å². The van der Waals surface area contributed by atoms with Crippen molar-refractivity contribution in [1.82, 2.24) is 15.4 Å². The Balaban J connectivity index is 2.29. The van der Waals surface area contributed by atoms with E-state index in [1.165, 1.54) is 0 Å². The molecule has 0 spiro atoms. The van der Waals surface area contributed by atoms with Crippen molar-refractivity contribution in [3.63, 3.8) is 0 Å². The van der Waals surface area contributed by atoms with E-state index in [0.717, 1.165) is 5.52 Å². The second-order valence-corrected chi connectivity index (χ2v) is 4.53. The minimum absolute atomic E-state index is 0.350. The number of rotatable bonds is 1. The molecule has 0 saturated heterocycles. The second kappa shape index (κ2) is 3.59. The number of hydrogen-bond donors (Lipinski definition) is 1. The van der Waals surface area contributed by atoms with Gasteiger partial charge in [-0.2, -0.15) is 15.4 Å². The SMILES string of the molecule is CC(C)(C)OC(=O)c1ccc2n[nH]nc2c1. The predicted octanol–water partition coefficient (Wildman–Crippen LogP) is 1.91. The molecule has 0 atom stereocenters. The highest BCUT2D eigenvalue weighted by Crippen LogP contribution is 2.15. The van der Waals surface area contributed by atoms with E-state index in [0.29, 0.717) is 11.1 Å². The van der Waals surface area contributed by atoms with Crippen LogP contribution in [0, 0.1) is 0 Å². The lowest BCUT2D eigenvalue weighted by Gasteiger charge is -2.19. The van der Waals surface area contributed by atoms with Crippen LogP contribution in [0.15, 0.2) is 18.2 Å². The second-order valence-electron chi connectivity index (χ2n) is 4.53. The molecular formula is C11H13N3O2. The van der Waals surface area contributed by atoms with Gasteiger partial charge in [0.15, 0.2) is 0 Å². The third-order valence-corrected chi connectivity index (χ3v) is 1.95. The Morgan fingerprint density at radius 2 is 1.94 bits per heavy atom. The van der Waals surface area contributed by atoms with Crippen molar-refractivity contribution in [2.24, 2.45) is 0 Å². The van der Waals surface area contributed by atoms with Crippen LogP contribution in [-0.2, 0) is 4.74 Å². The largest absolute Gasteiger partial charge is 0.456 e. The fourth-order valence-electron chi connectivity index (χ4n) is 1.30. The molecule has 0 saturated carbocycles. The molecule has 16 heavy (non-hydrogen) atoms. The van der Waals surface area contributed by atoms with Crippen molar-refractivity contribution in [2.45, 2.75) is 26.4 Å². The Morgan fingerprint density at radius 1 is 1.25 bits per heavy atom. The summed E-state index contributed by atoms with van der Waals surface area (Å²) in [6.07, 6.45) is 0. The van der Waals surface area contributed by atoms with E-state index in [1.54, 1.807) is 18.2 Å². The van der Waals surface area contributed by atoms with Gasteiger partial charge in [-0.1, -0.05) is 0 Å². The first-order valence-corrected chi connectivity index (χ1v) is 4.99. The van der Waals surface area contributed by atoms with Crippen molar-refractivity contribution in [1.29, 1.82) is 0 Å². The third kappa shape index (κ3) is 2.18. The van der Waals surface area contributed by atoms with Gasteiger partial charge in [0.05, 0.1) is 5.56 Å². The van der Waals surface area contributed by atoms with E-state index in [9.17, 15) is 4.79 Å². The zero-order chi connectivity index (χ0) is 11.8. The molecule has 1 aromatic carbocycles.